The van der Waals surface area contributed by atoms with Crippen molar-refractivity contribution in [2.75, 3.05) is 18.0 Å². The standard InChI is InChI=1S/C23H24N8O2/c1-6-30(7-2)16-8-9-17(14(3)12-16)24-21-20(19(33)10-11-32)28-31-22(25-26-23(21)31)18-13-15(4)29(5)27-18/h8-9,12-13,32H,6-7H2,1-5H3/b24-21-. The molecule has 0 amide bonds. The van der Waals surface area contributed by atoms with E-state index in [1.54, 1.807) is 10.8 Å². The quantitative estimate of drug-likeness (QED) is 0.584. The van der Waals surface area contributed by atoms with Gasteiger partial charge >= 0.3 is 0 Å². The van der Waals surface area contributed by atoms with E-state index in [1.807, 2.05) is 39.1 Å². The van der Waals surface area contributed by atoms with Crippen molar-refractivity contribution in [2.45, 2.75) is 27.7 Å². The van der Waals surface area contributed by atoms with Gasteiger partial charge in [0.15, 0.2) is 5.71 Å². The fraction of sp³-hybridized carbons (Fsp3) is 0.304. The number of aromatic nitrogens is 5. The highest BCUT2D eigenvalue weighted by Crippen LogP contribution is 2.28. The van der Waals surface area contributed by atoms with Gasteiger partial charge in [-0.3, -0.25) is 9.48 Å². The SMILES string of the molecule is CCN(CC)c1ccc(/N=C2/C(C(=O)C#CO)=Nn3c2nnc3-c2cc(C)n(C)n2)c(C)c1. The molecular formula is C23H24N8O2. The van der Waals surface area contributed by atoms with Crippen LogP contribution in [0.3, 0.4) is 0 Å². The third-order valence-electron chi connectivity index (χ3n) is 5.55. The molecule has 0 radical (unpaired) electrons. The number of benzene rings is 1. The van der Waals surface area contributed by atoms with Crippen LogP contribution in [0.15, 0.2) is 34.4 Å². The normalized spacial score (nSPS) is 13.5. The van der Waals surface area contributed by atoms with E-state index >= 15 is 0 Å². The number of rotatable bonds is 6. The molecular weight excluding hydrogens is 420 g/mol. The molecule has 10 heteroatoms. The fourth-order valence-corrected chi connectivity index (χ4v) is 3.64. The summed E-state index contributed by atoms with van der Waals surface area (Å²) in [5.74, 6) is 2.15. The summed E-state index contributed by atoms with van der Waals surface area (Å²) in [7, 11) is 1.83. The van der Waals surface area contributed by atoms with Gasteiger partial charge < -0.3 is 10.0 Å². The Kier molecular flexibility index (Phi) is 5.79. The monoisotopic (exact) mass is 444 g/mol. The van der Waals surface area contributed by atoms with Gasteiger partial charge in [0.2, 0.25) is 11.6 Å². The predicted octanol–water partition coefficient (Wildman–Crippen LogP) is 2.38. The Morgan fingerprint density at radius 2 is 1.88 bits per heavy atom. The highest BCUT2D eigenvalue weighted by Gasteiger charge is 2.33. The number of aliphatic hydroxyl groups is 1. The van der Waals surface area contributed by atoms with Gasteiger partial charge in [0, 0.05) is 37.4 Å². The van der Waals surface area contributed by atoms with Crippen molar-refractivity contribution >= 4 is 28.6 Å². The van der Waals surface area contributed by atoms with Gasteiger partial charge in [-0.2, -0.15) is 14.9 Å². The third-order valence-corrected chi connectivity index (χ3v) is 5.55. The van der Waals surface area contributed by atoms with Crippen LogP contribution in [0.2, 0.25) is 0 Å². The smallest absolute Gasteiger partial charge is 0.261 e. The van der Waals surface area contributed by atoms with Crippen molar-refractivity contribution in [3.8, 4) is 23.5 Å². The van der Waals surface area contributed by atoms with Gasteiger partial charge in [0.1, 0.15) is 17.5 Å². The minimum Gasteiger partial charge on any atom is -0.462 e. The van der Waals surface area contributed by atoms with Crippen LogP contribution in [-0.4, -0.2) is 60.1 Å². The minimum atomic E-state index is -0.665. The molecule has 0 fully saturated rings. The van der Waals surface area contributed by atoms with Gasteiger partial charge in [-0.1, -0.05) is 0 Å². The lowest BCUT2D eigenvalue weighted by atomic mass is 10.1. The molecule has 10 nitrogen and oxygen atoms in total. The number of aliphatic hydroxyl groups excluding tert-OH is 1. The van der Waals surface area contributed by atoms with Crippen LogP contribution in [-0.2, 0) is 11.8 Å². The van der Waals surface area contributed by atoms with Crippen LogP contribution in [0.5, 0.6) is 0 Å². The molecule has 0 aliphatic carbocycles. The molecule has 0 bridgehead atoms. The molecule has 4 rings (SSSR count). The summed E-state index contributed by atoms with van der Waals surface area (Å²) >= 11 is 0. The van der Waals surface area contributed by atoms with E-state index in [2.05, 4.69) is 51.1 Å². The number of fused-ring (bicyclic) bond motifs is 1. The second-order valence-corrected chi connectivity index (χ2v) is 7.57. The average molecular weight is 444 g/mol. The summed E-state index contributed by atoms with van der Waals surface area (Å²) in [6.45, 7) is 9.89. The maximum Gasteiger partial charge on any atom is 0.261 e. The van der Waals surface area contributed by atoms with E-state index in [0.29, 0.717) is 23.0 Å². The van der Waals surface area contributed by atoms with Crippen molar-refractivity contribution in [3.05, 3.63) is 41.3 Å². The largest absolute Gasteiger partial charge is 0.462 e. The number of nitrogens with zero attached hydrogens (tertiary/aromatic N) is 8. The summed E-state index contributed by atoms with van der Waals surface area (Å²) in [4.78, 5) is 19.5. The molecule has 168 valence electrons. The van der Waals surface area contributed by atoms with Crippen LogP contribution in [0.4, 0.5) is 11.4 Å². The van der Waals surface area contributed by atoms with E-state index in [-0.39, 0.29) is 11.4 Å². The number of ketones is 1. The molecule has 0 unspecified atom stereocenters. The minimum absolute atomic E-state index is 0.0115. The predicted molar refractivity (Wildman–Crippen MR) is 125 cm³/mol. The zero-order valence-corrected chi connectivity index (χ0v) is 19.2. The molecule has 3 aromatic rings. The number of carbonyl (C=O) groups is 1. The summed E-state index contributed by atoms with van der Waals surface area (Å²) in [6, 6.07) is 7.80. The van der Waals surface area contributed by atoms with Crippen LogP contribution in [0.25, 0.3) is 11.5 Å². The number of hydrogen-bond acceptors (Lipinski definition) is 8. The first-order valence-electron chi connectivity index (χ1n) is 10.6. The van der Waals surface area contributed by atoms with E-state index < -0.39 is 5.78 Å². The molecule has 1 N–H and O–H groups in total. The Balaban J connectivity index is 1.83. The molecule has 3 heterocycles. The maximum absolute atomic E-state index is 12.6. The van der Waals surface area contributed by atoms with Crippen LogP contribution >= 0.6 is 0 Å². The first-order valence-corrected chi connectivity index (χ1v) is 10.6. The number of Topliss-reactive ketones (excluding diaryl/α,β-unsaturated/α-hetero) is 1. The second kappa shape index (κ2) is 8.70. The number of anilines is 1. The maximum atomic E-state index is 12.6. The first kappa shape index (κ1) is 22.0. The summed E-state index contributed by atoms with van der Waals surface area (Å²) in [5.41, 5.74) is 4.44. The van der Waals surface area contributed by atoms with E-state index in [4.69, 9.17) is 10.1 Å². The highest BCUT2D eigenvalue weighted by molar-refractivity contribution is 6.73. The topological polar surface area (TPSA) is 114 Å². The Hall–Kier alpha value is -4.26. The Morgan fingerprint density at radius 1 is 1.15 bits per heavy atom. The summed E-state index contributed by atoms with van der Waals surface area (Å²) in [5, 5.41) is 26.2. The van der Waals surface area contributed by atoms with Crippen molar-refractivity contribution in [3.63, 3.8) is 0 Å². The van der Waals surface area contributed by atoms with Gasteiger partial charge in [-0.25, -0.2) is 4.99 Å². The lowest BCUT2D eigenvalue weighted by Gasteiger charge is -2.21. The number of aliphatic imine (C=N–C) groups is 1. The van der Waals surface area contributed by atoms with Crippen molar-refractivity contribution < 1.29 is 9.90 Å². The lowest BCUT2D eigenvalue weighted by Crippen LogP contribution is -2.22. The molecule has 33 heavy (non-hydrogen) atoms. The first-order chi connectivity index (χ1) is 15.9. The molecule has 0 atom stereocenters. The average Bonchev–Trinajstić information content (AvgIpc) is 3.45. The highest BCUT2D eigenvalue weighted by atomic mass is 16.2. The Labute approximate surface area is 191 Å². The van der Waals surface area contributed by atoms with Crippen molar-refractivity contribution in [2.24, 2.45) is 17.1 Å². The number of hydrogen-bond donors (Lipinski definition) is 1. The van der Waals surface area contributed by atoms with Gasteiger partial charge in [0.05, 0.1) is 5.69 Å². The van der Waals surface area contributed by atoms with E-state index in [1.165, 1.54) is 4.68 Å². The Morgan fingerprint density at radius 3 is 2.48 bits per heavy atom. The molecule has 0 saturated heterocycles. The van der Waals surface area contributed by atoms with E-state index in [0.717, 1.165) is 30.0 Å². The molecule has 0 spiro atoms. The molecule has 1 aliphatic heterocycles. The van der Waals surface area contributed by atoms with Gasteiger partial charge in [0.25, 0.3) is 5.78 Å². The van der Waals surface area contributed by atoms with Crippen LogP contribution in [0.1, 0.15) is 30.9 Å². The fourth-order valence-electron chi connectivity index (χ4n) is 3.64. The van der Waals surface area contributed by atoms with Crippen LogP contribution in [0, 0.1) is 25.9 Å². The Bertz CT molecular complexity index is 1340. The lowest BCUT2D eigenvalue weighted by molar-refractivity contribution is -0.108. The molecule has 2 aromatic heterocycles. The second-order valence-electron chi connectivity index (χ2n) is 7.57. The summed E-state index contributed by atoms with van der Waals surface area (Å²) in [6.07, 6.45) is 1.65. The summed E-state index contributed by atoms with van der Waals surface area (Å²) < 4.78 is 3.15. The number of aryl methyl sites for hydroxylation is 3. The van der Waals surface area contributed by atoms with Crippen molar-refractivity contribution in [1.29, 1.82) is 0 Å². The van der Waals surface area contributed by atoms with E-state index in [9.17, 15) is 4.79 Å². The molecule has 1 aliphatic rings. The van der Waals surface area contributed by atoms with Gasteiger partial charge in [-0.15, -0.1) is 10.2 Å². The third kappa shape index (κ3) is 3.89. The van der Waals surface area contributed by atoms with Crippen molar-refractivity contribution in [1.82, 2.24) is 24.7 Å². The molecule has 0 saturated carbocycles. The zero-order chi connectivity index (χ0) is 23.7. The zero-order valence-electron chi connectivity index (χ0n) is 19.2. The molecule has 1 aromatic carbocycles. The van der Waals surface area contributed by atoms with Crippen LogP contribution < -0.4 is 4.90 Å². The number of carbonyl (C=O) groups excluding carboxylic acids is 1. The van der Waals surface area contributed by atoms with Gasteiger partial charge in [-0.05, 0) is 57.5 Å².